The molecule has 0 atom stereocenters. The van der Waals surface area contributed by atoms with Gasteiger partial charge in [0.2, 0.25) is 25.8 Å². The van der Waals surface area contributed by atoms with Crippen LogP contribution in [0.2, 0.25) is 10.0 Å². The number of fused-ring (bicyclic) bond motifs is 2. The van der Waals surface area contributed by atoms with E-state index < -0.39 is 93.8 Å². The summed E-state index contributed by atoms with van der Waals surface area (Å²) in [5.41, 5.74) is 1.62. The van der Waals surface area contributed by atoms with E-state index in [0.717, 1.165) is 20.8 Å². The summed E-state index contributed by atoms with van der Waals surface area (Å²) in [6.07, 6.45) is 0. The lowest BCUT2D eigenvalue weighted by Gasteiger charge is -2.26. The summed E-state index contributed by atoms with van der Waals surface area (Å²) in [4.78, 5) is 110. The average Bonchev–Trinajstić information content (AvgIpc) is 3.29. The highest BCUT2D eigenvalue weighted by Gasteiger charge is 2.26. The fraction of sp³-hybridized carbons (Fsp3) is 0.292. The van der Waals surface area contributed by atoms with Crippen molar-refractivity contribution >= 4 is 87.3 Å². The minimum atomic E-state index is -1.09. The Balaban J connectivity index is 1.57. The molecule has 24 heteroatoms. The molecule has 382 valence electrons. The number of esters is 5. The first-order chi connectivity index (χ1) is 34.2. The van der Waals surface area contributed by atoms with Crippen LogP contribution in [0.4, 0.5) is 11.4 Å². The van der Waals surface area contributed by atoms with Crippen LogP contribution in [-0.4, -0.2) is 107 Å². The maximum absolute atomic E-state index is 13.3. The van der Waals surface area contributed by atoms with Crippen molar-refractivity contribution in [1.29, 1.82) is 0 Å². The minimum absolute atomic E-state index is 0.00298. The molecule has 0 radical (unpaired) electrons. The number of aryl methyl sites for hydroxylation is 1. The molecule has 0 fully saturated rings. The van der Waals surface area contributed by atoms with Gasteiger partial charge in [-0.2, -0.15) is 0 Å². The molecule has 0 spiro atoms. The lowest BCUT2D eigenvalue weighted by Crippen LogP contribution is -2.37. The fourth-order valence-corrected chi connectivity index (χ4v) is 6.78. The molecule has 3 aromatic rings. The third-order valence-electron chi connectivity index (χ3n) is 9.51. The highest BCUT2D eigenvalue weighted by atomic mass is 35.5. The Labute approximate surface area is 419 Å². The molecule has 22 nitrogen and oxygen atoms in total. The van der Waals surface area contributed by atoms with Crippen LogP contribution in [0.5, 0.6) is 17.2 Å². The number of aromatic hydroxyl groups is 1. The van der Waals surface area contributed by atoms with Gasteiger partial charge in [0.15, 0.2) is 0 Å². The first-order valence-electron chi connectivity index (χ1n) is 21.2. The fourth-order valence-electron chi connectivity index (χ4n) is 6.46. The van der Waals surface area contributed by atoms with Crippen molar-refractivity contribution in [2.75, 3.05) is 69.6 Å². The maximum atomic E-state index is 13.3. The molecule has 1 aliphatic heterocycles. The van der Waals surface area contributed by atoms with E-state index in [4.69, 9.17) is 60.8 Å². The lowest BCUT2D eigenvalue weighted by atomic mass is 9.93. The van der Waals surface area contributed by atoms with Crippen LogP contribution in [0.15, 0.2) is 82.2 Å². The summed E-state index contributed by atoms with van der Waals surface area (Å²) in [6.45, 7) is 5.06. The van der Waals surface area contributed by atoms with E-state index in [1.807, 2.05) is 0 Å². The summed E-state index contributed by atoms with van der Waals surface area (Å²) < 4.78 is 48.5. The van der Waals surface area contributed by atoms with Gasteiger partial charge in [-0.05, 0) is 61.4 Å². The molecular weight excluding hydrogens is 995 g/mol. The number of phenols is 1. The van der Waals surface area contributed by atoms with Gasteiger partial charge in [-0.25, -0.2) is 19.4 Å². The van der Waals surface area contributed by atoms with Gasteiger partial charge < -0.3 is 57.2 Å². The Morgan fingerprint density at radius 2 is 1.14 bits per heavy atom. The van der Waals surface area contributed by atoms with Crippen molar-refractivity contribution in [2.45, 2.75) is 34.6 Å². The van der Waals surface area contributed by atoms with Gasteiger partial charge in [-0.3, -0.25) is 28.8 Å². The van der Waals surface area contributed by atoms with Crippen LogP contribution in [0.3, 0.4) is 0 Å². The molecule has 0 saturated heterocycles. The standard InChI is InChI=1S/C48H46Cl2N2O20/c1-26(2)64-23-67-44(58)19-51(20-45(59)68-24-65-28(4)53)37-10-8-31(48-32-15-34(49)38(56)17-40(32)70-41-18-39(57)35(50)16-33(41)48)14-43(37)63-12-11-62-42-13-27(3)7-9-36(42)52(22-47(61)72-71-30(6)55)21-46(60)69-25-66-29(5)54/h7-10,13-18,56H,1,11-12,19-25H2,2-6H3. The van der Waals surface area contributed by atoms with E-state index in [1.165, 1.54) is 59.2 Å². The van der Waals surface area contributed by atoms with Crippen LogP contribution in [0, 0.1) is 6.92 Å². The highest BCUT2D eigenvalue weighted by Crippen LogP contribution is 2.45. The summed E-state index contributed by atoms with van der Waals surface area (Å²) in [5, 5.41) is 10.7. The van der Waals surface area contributed by atoms with Gasteiger partial charge in [0.25, 0.3) is 0 Å². The zero-order chi connectivity index (χ0) is 52.6. The third kappa shape index (κ3) is 15.9. The van der Waals surface area contributed by atoms with E-state index in [1.54, 1.807) is 25.1 Å². The number of benzene rings is 4. The number of hydrogen-bond acceptors (Lipinski definition) is 22. The highest BCUT2D eigenvalue weighted by molar-refractivity contribution is 6.33. The van der Waals surface area contributed by atoms with Crippen molar-refractivity contribution in [1.82, 2.24) is 0 Å². The van der Waals surface area contributed by atoms with Gasteiger partial charge in [0.05, 0.1) is 27.2 Å². The number of nitrogens with zero attached hydrogens (tertiary/aromatic N) is 2. The van der Waals surface area contributed by atoms with Gasteiger partial charge in [0.1, 0.15) is 68.0 Å². The monoisotopic (exact) mass is 1040 g/mol. The van der Waals surface area contributed by atoms with Crippen LogP contribution in [0.1, 0.15) is 33.3 Å². The molecule has 1 aliphatic carbocycles. The van der Waals surface area contributed by atoms with Gasteiger partial charge in [-0.15, -0.1) is 0 Å². The Morgan fingerprint density at radius 3 is 1.68 bits per heavy atom. The second kappa shape index (κ2) is 25.6. The van der Waals surface area contributed by atoms with Crippen molar-refractivity contribution in [3.05, 3.63) is 98.8 Å². The van der Waals surface area contributed by atoms with Gasteiger partial charge in [-0.1, -0.05) is 41.9 Å². The number of hydrogen-bond donors (Lipinski definition) is 1. The average molecular weight is 1040 g/mol. The van der Waals surface area contributed by atoms with Crippen LogP contribution >= 0.6 is 23.2 Å². The van der Waals surface area contributed by atoms with Gasteiger partial charge in [0, 0.05) is 49.4 Å². The Kier molecular flexibility index (Phi) is 19.4. The first-order valence-corrected chi connectivity index (χ1v) is 21.9. The van der Waals surface area contributed by atoms with Crippen LogP contribution in [0.25, 0.3) is 33.4 Å². The van der Waals surface area contributed by atoms with E-state index in [2.05, 4.69) is 21.1 Å². The Morgan fingerprint density at radius 1 is 0.611 bits per heavy atom. The predicted molar refractivity (Wildman–Crippen MR) is 253 cm³/mol. The maximum Gasteiger partial charge on any atom is 0.374 e. The van der Waals surface area contributed by atoms with Crippen molar-refractivity contribution < 1.29 is 90.8 Å². The summed E-state index contributed by atoms with van der Waals surface area (Å²) in [5.74, 6) is -6.06. The number of ether oxygens (including phenoxy) is 8. The molecule has 2 aliphatic rings. The Bertz CT molecular complexity index is 2870. The second-order valence-corrected chi connectivity index (χ2v) is 16.0. The van der Waals surface area contributed by atoms with Crippen molar-refractivity contribution in [3.8, 4) is 39.7 Å². The zero-order valence-electron chi connectivity index (χ0n) is 39.2. The molecule has 3 aromatic carbocycles. The Hall–Kier alpha value is -8.24. The SMILES string of the molecule is C=C(C)OCOC(=O)CN(CC(=O)OCOC(C)=O)c1ccc(-c2c3cc(Cl)c(=O)cc-3oc3cc(O)c(Cl)cc23)cc1OCCOc1cc(C)ccc1N(CC(=O)OCOC(C)=O)CC(=O)OOC(C)=O. The third-order valence-corrected chi connectivity index (χ3v) is 10.1. The van der Waals surface area contributed by atoms with Crippen LogP contribution < -0.4 is 24.7 Å². The van der Waals surface area contributed by atoms with E-state index in [0.29, 0.717) is 27.6 Å². The smallest absolute Gasteiger partial charge is 0.374 e. The van der Waals surface area contributed by atoms with Crippen molar-refractivity contribution in [2.24, 2.45) is 0 Å². The quantitative estimate of drug-likeness (QED) is 0.0112. The molecule has 0 bridgehead atoms. The topological polar surface area (TPSA) is 269 Å². The number of rotatable bonds is 23. The number of anilines is 2. The molecule has 0 unspecified atom stereocenters. The van der Waals surface area contributed by atoms with Crippen LogP contribution in [-0.2, 0) is 71.8 Å². The number of carbonyl (C=O) groups excluding carboxylic acids is 7. The molecule has 1 N–H and O–H groups in total. The van der Waals surface area contributed by atoms with E-state index in [-0.39, 0.29) is 69.0 Å². The number of allylic oxidation sites excluding steroid dienone is 1. The first kappa shape index (κ1) is 54.7. The molecule has 0 amide bonds. The largest absolute Gasteiger partial charge is 0.506 e. The molecule has 0 aromatic heterocycles. The van der Waals surface area contributed by atoms with Crippen molar-refractivity contribution in [3.63, 3.8) is 0 Å². The zero-order valence-corrected chi connectivity index (χ0v) is 40.7. The van der Waals surface area contributed by atoms with E-state index in [9.17, 15) is 43.5 Å². The lowest BCUT2D eigenvalue weighted by molar-refractivity contribution is -0.256. The summed E-state index contributed by atoms with van der Waals surface area (Å²) in [7, 11) is 0. The molecular formula is C48H46Cl2N2O20. The molecule has 72 heavy (non-hydrogen) atoms. The summed E-state index contributed by atoms with van der Waals surface area (Å²) >= 11 is 12.8. The molecule has 5 rings (SSSR count). The second-order valence-electron chi connectivity index (χ2n) is 15.2. The number of phenolic OH excluding ortho intramolecular Hbond substituents is 1. The van der Waals surface area contributed by atoms with E-state index >= 15 is 0 Å². The molecule has 1 heterocycles. The number of halogens is 2. The molecule has 0 saturated carbocycles. The summed E-state index contributed by atoms with van der Waals surface area (Å²) in [6, 6.07) is 14.7. The minimum Gasteiger partial charge on any atom is -0.506 e. The van der Waals surface area contributed by atoms with Gasteiger partial charge >= 0.3 is 41.8 Å². The number of carbonyl (C=O) groups is 7. The normalized spacial score (nSPS) is 10.7. The predicted octanol–water partition coefficient (Wildman–Crippen LogP) is 6.16.